The van der Waals surface area contributed by atoms with E-state index in [4.69, 9.17) is 0 Å². The fraction of sp³-hybridized carbons (Fsp3) is 0.296. The lowest BCUT2D eigenvalue weighted by Crippen LogP contribution is -2.43. The lowest BCUT2D eigenvalue weighted by molar-refractivity contribution is 0.546. The minimum Gasteiger partial charge on any atom is -0.324 e. The fourth-order valence-electron chi connectivity index (χ4n) is 4.06. The molecule has 0 bridgehead atoms. The largest absolute Gasteiger partial charge is 0.355 e. The molecule has 2 aromatic heterocycles. The Hall–Kier alpha value is -3.15. The third-order valence-electron chi connectivity index (χ3n) is 5.94. The normalized spacial score (nSPS) is 11.9. The summed E-state index contributed by atoms with van der Waals surface area (Å²) >= 11 is 5.15. The highest BCUT2D eigenvalue weighted by Crippen LogP contribution is 2.36. The number of anilines is 2. The lowest BCUT2D eigenvalue weighted by Gasteiger charge is -2.18. The Balaban J connectivity index is 1.83. The van der Waals surface area contributed by atoms with Gasteiger partial charge in [0.05, 0.1) is 18.8 Å². The number of aromatic nitrogens is 6. The van der Waals surface area contributed by atoms with Gasteiger partial charge in [0.25, 0.3) is 0 Å². The van der Waals surface area contributed by atoms with Crippen molar-refractivity contribution in [2.45, 2.75) is 45.7 Å². The Labute approximate surface area is 250 Å². The minimum absolute atomic E-state index is 0.0400. The molecule has 2 aromatic carbocycles. The van der Waals surface area contributed by atoms with E-state index in [0.717, 1.165) is 30.6 Å². The first-order valence-corrected chi connectivity index (χ1v) is 14.7. The molecular formula is C27H29BrF2N7O2PS. The number of thioether (sulfide) groups is 1. The van der Waals surface area contributed by atoms with Crippen molar-refractivity contribution in [3.8, 4) is 0 Å². The zero-order valence-electron chi connectivity index (χ0n) is 23.1. The smallest absolute Gasteiger partial charge is 0.324 e. The van der Waals surface area contributed by atoms with Gasteiger partial charge >= 0.3 is 11.4 Å². The van der Waals surface area contributed by atoms with Crippen molar-refractivity contribution in [1.82, 2.24) is 28.9 Å². The van der Waals surface area contributed by atoms with Crippen LogP contribution in [-0.4, -0.2) is 28.9 Å². The molecule has 9 nitrogen and oxygen atoms in total. The fourth-order valence-corrected chi connectivity index (χ4v) is 5.99. The topological polar surface area (TPSA) is 99.6 Å². The third kappa shape index (κ3) is 7.38. The van der Waals surface area contributed by atoms with Crippen LogP contribution in [0.15, 0.2) is 60.5 Å². The van der Waals surface area contributed by atoms with Crippen molar-refractivity contribution < 1.29 is 8.78 Å². The summed E-state index contributed by atoms with van der Waals surface area (Å²) in [4.78, 5) is 37.1. The van der Waals surface area contributed by atoms with Crippen LogP contribution in [0.2, 0.25) is 0 Å². The standard InChI is InChI=1S/C27H29BrF2N7O2PS/c1-14(2)6-16(4)41-23-10-21(18(28)7-15(23)3)32-25-33-26(38)37(12-24-31-13-35(5)34-24)27(39)36(25)11-17-8-22(40)20(30)9-19(17)29/h6-10,13-14H,11-12,40H2,1-5H3,(H,32,33,38)/b16-6+. The van der Waals surface area contributed by atoms with Gasteiger partial charge in [-0.2, -0.15) is 10.1 Å². The van der Waals surface area contributed by atoms with Gasteiger partial charge in [-0.25, -0.2) is 27.9 Å². The molecule has 41 heavy (non-hydrogen) atoms. The Morgan fingerprint density at radius 1 is 1.15 bits per heavy atom. The SMILES string of the molecule is C/C(=C\C(C)C)Sc1cc(Nc2nc(=O)n(Cc3ncn(C)n3)c(=O)n2Cc2cc(P)c(F)cc2F)c(Br)cc1C. The van der Waals surface area contributed by atoms with Crippen molar-refractivity contribution >= 4 is 53.9 Å². The number of hydrogen-bond donors (Lipinski definition) is 1. The zero-order valence-corrected chi connectivity index (χ0v) is 26.6. The molecule has 0 fully saturated rings. The molecule has 216 valence electrons. The van der Waals surface area contributed by atoms with Gasteiger partial charge in [-0.05, 0) is 64.4 Å². The molecule has 1 atom stereocenters. The number of allylic oxidation sites excluding steroid dienone is 2. The highest BCUT2D eigenvalue weighted by molar-refractivity contribution is 9.10. The highest BCUT2D eigenvalue weighted by atomic mass is 79.9. The van der Waals surface area contributed by atoms with E-state index in [1.54, 1.807) is 18.8 Å². The number of aryl methyl sites for hydroxylation is 2. The van der Waals surface area contributed by atoms with Crippen LogP contribution in [0.25, 0.3) is 0 Å². The second-order valence-electron chi connectivity index (χ2n) is 9.82. The Morgan fingerprint density at radius 2 is 1.88 bits per heavy atom. The summed E-state index contributed by atoms with van der Waals surface area (Å²) in [5, 5.41) is 7.36. The molecule has 1 unspecified atom stereocenters. The molecule has 4 aromatic rings. The van der Waals surface area contributed by atoms with Gasteiger partial charge in [-0.15, -0.1) is 9.24 Å². The molecule has 2 heterocycles. The maximum absolute atomic E-state index is 14.8. The first-order valence-electron chi connectivity index (χ1n) is 12.6. The predicted molar refractivity (Wildman–Crippen MR) is 164 cm³/mol. The van der Waals surface area contributed by atoms with Crippen molar-refractivity contribution in [1.29, 1.82) is 0 Å². The summed E-state index contributed by atoms with van der Waals surface area (Å²) < 4.78 is 32.9. The molecule has 0 aliphatic carbocycles. The molecular weight excluding hydrogens is 635 g/mol. The average Bonchev–Trinajstić information content (AvgIpc) is 3.29. The monoisotopic (exact) mass is 663 g/mol. The van der Waals surface area contributed by atoms with Gasteiger partial charge in [0.15, 0.2) is 5.82 Å². The third-order valence-corrected chi connectivity index (χ3v) is 8.16. The second kappa shape index (κ2) is 12.8. The van der Waals surface area contributed by atoms with Crippen LogP contribution < -0.4 is 22.0 Å². The Kier molecular flexibility index (Phi) is 9.61. The highest BCUT2D eigenvalue weighted by Gasteiger charge is 2.19. The van der Waals surface area contributed by atoms with Crippen LogP contribution in [0.3, 0.4) is 0 Å². The zero-order chi connectivity index (χ0) is 30.0. The summed E-state index contributed by atoms with van der Waals surface area (Å²) in [5.41, 5.74) is 0.0154. The maximum Gasteiger partial charge on any atom is 0.355 e. The summed E-state index contributed by atoms with van der Waals surface area (Å²) in [6.45, 7) is 7.67. The molecule has 0 amide bonds. The number of nitrogens with zero attached hydrogens (tertiary/aromatic N) is 6. The van der Waals surface area contributed by atoms with E-state index in [2.05, 4.69) is 65.5 Å². The molecule has 0 saturated heterocycles. The Morgan fingerprint density at radius 3 is 2.54 bits per heavy atom. The van der Waals surface area contributed by atoms with E-state index >= 15 is 0 Å². The first-order chi connectivity index (χ1) is 19.3. The van der Waals surface area contributed by atoms with Crippen molar-refractivity contribution in [2.75, 3.05) is 5.32 Å². The van der Waals surface area contributed by atoms with Crippen molar-refractivity contribution in [3.05, 3.63) is 95.6 Å². The molecule has 14 heteroatoms. The minimum atomic E-state index is -0.835. The number of benzene rings is 2. The summed E-state index contributed by atoms with van der Waals surface area (Å²) in [7, 11) is 3.86. The van der Waals surface area contributed by atoms with Gasteiger partial charge in [0, 0.05) is 33.4 Å². The molecule has 4 rings (SSSR count). The molecule has 0 saturated carbocycles. The van der Waals surface area contributed by atoms with Gasteiger partial charge in [0.2, 0.25) is 5.95 Å². The number of halogens is 3. The van der Waals surface area contributed by atoms with E-state index < -0.39 is 23.0 Å². The van der Waals surface area contributed by atoms with E-state index in [1.165, 1.54) is 17.1 Å². The van der Waals surface area contributed by atoms with E-state index in [-0.39, 0.29) is 35.7 Å². The van der Waals surface area contributed by atoms with Crippen molar-refractivity contribution in [3.63, 3.8) is 0 Å². The summed E-state index contributed by atoms with van der Waals surface area (Å²) in [5.74, 6) is -1.06. The van der Waals surface area contributed by atoms with Crippen LogP contribution >= 0.6 is 36.9 Å². The van der Waals surface area contributed by atoms with E-state index in [9.17, 15) is 18.4 Å². The number of nitrogens with one attached hydrogen (secondary N) is 1. The predicted octanol–water partition coefficient (Wildman–Crippen LogP) is 4.88. The summed E-state index contributed by atoms with van der Waals surface area (Å²) in [6.07, 6.45) is 3.60. The first kappa shape index (κ1) is 30.8. The molecule has 0 radical (unpaired) electrons. The summed E-state index contributed by atoms with van der Waals surface area (Å²) in [6, 6.07) is 5.86. The van der Waals surface area contributed by atoms with Crippen LogP contribution in [0.4, 0.5) is 20.4 Å². The molecule has 0 aliphatic rings. The number of hydrogen-bond acceptors (Lipinski definition) is 7. The van der Waals surface area contributed by atoms with Crippen LogP contribution in [0, 0.1) is 24.5 Å². The molecule has 1 N–H and O–H groups in total. The molecule has 0 spiro atoms. The quantitative estimate of drug-likeness (QED) is 0.201. The van der Waals surface area contributed by atoms with Gasteiger partial charge in [0.1, 0.15) is 18.0 Å². The van der Waals surface area contributed by atoms with Gasteiger partial charge in [-0.1, -0.05) is 31.7 Å². The van der Waals surface area contributed by atoms with Crippen LogP contribution in [0.1, 0.15) is 37.7 Å². The average molecular weight is 665 g/mol. The molecule has 0 aliphatic heterocycles. The second-order valence-corrected chi connectivity index (χ2v) is 12.6. The van der Waals surface area contributed by atoms with Gasteiger partial charge < -0.3 is 5.32 Å². The van der Waals surface area contributed by atoms with Crippen LogP contribution in [-0.2, 0) is 20.1 Å². The lowest BCUT2D eigenvalue weighted by atomic mass is 10.2. The van der Waals surface area contributed by atoms with E-state index in [1.807, 2.05) is 26.0 Å². The maximum atomic E-state index is 14.8. The number of rotatable bonds is 9. The van der Waals surface area contributed by atoms with E-state index in [0.29, 0.717) is 16.1 Å². The Bertz CT molecular complexity index is 1770. The van der Waals surface area contributed by atoms with Gasteiger partial charge in [-0.3, -0.25) is 9.25 Å². The van der Waals surface area contributed by atoms with Crippen LogP contribution in [0.5, 0.6) is 0 Å². The van der Waals surface area contributed by atoms with Crippen molar-refractivity contribution in [2.24, 2.45) is 13.0 Å².